The van der Waals surface area contributed by atoms with Crippen LogP contribution in [0.2, 0.25) is 0 Å². The molecule has 4 rings (SSSR count). The molecule has 0 radical (unpaired) electrons. The van der Waals surface area contributed by atoms with Crippen LogP contribution in [0.25, 0.3) is 0 Å². The van der Waals surface area contributed by atoms with Crippen molar-refractivity contribution in [1.29, 1.82) is 0 Å². The molecule has 1 aromatic carbocycles. The zero-order valence-electron chi connectivity index (χ0n) is 19.6. The molecule has 180 valence electrons. The third-order valence-electron chi connectivity index (χ3n) is 6.39. The van der Waals surface area contributed by atoms with Gasteiger partial charge in [0, 0.05) is 44.9 Å². The average molecular weight is 467 g/mol. The molecule has 0 saturated carbocycles. The topological polar surface area (TPSA) is 101 Å². The summed E-state index contributed by atoms with van der Waals surface area (Å²) in [6, 6.07) is 6.78. The quantitative estimate of drug-likeness (QED) is 0.427. The summed E-state index contributed by atoms with van der Waals surface area (Å²) in [5.41, 5.74) is 2.97. The van der Waals surface area contributed by atoms with Crippen LogP contribution in [0, 0.1) is 0 Å². The summed E-state index contributed by atoms with van der Waals surface area (Å²) in [4.78, 5) is 44.9. The van der Waals surface area contributed by atoms with Crippen molar-refractivity contribution in [3.63, 3.8) is 0 Å². The number of rotatable bonds is 10. The Labute approximate surface area is 199 Å². The highest BCUT2D eigenvalue weighted by atomic mass is 16.5. The molecule has 0 spiro atoms. The number of carbonyl (C=O) groups excluding carboxylic acids is 3. The van der Waals surface area contributed by atoms with Crippen LogP contribution in [-0.2, 0) is 29.1 Å². The van der Waals surface area contributed by atoms with Gasteiger partial charge in [-0.2, -0.15) is 0 Å². The van der Waals surface area contributed by atoms with E-state index in [1.54, 1.807) is 31.5 Å². The van der Waals surface area contributed by atoms with Gasteiger partial charge >= 0.3 is 6.03 Å². The van der Waals surface area contributed by atoms with Crippen LogP contribution in [0.3, 0.4) is 0 Å². The van der Waals surface area contributed by atoms with Crippen molar-refractivity contribution in [1.82, 2.24) is 20.1 Å². The lowest BCUT2D eigenvalue weighted by Crippen LogP contribution is -2.40. The van der Waals surface area contributed by atoms with Crippen molar-refractivity contribution in [3.05, 3.63) is 53.3 Å². The number of imide groups is 1. The second-order valence-corrected chi connectivity index (χ2v) is 8.54. The first-order chi connectivity index (χ1) is 16.5. The Morgan fingerprint density at radius 1 is 1.06 bits per heavy atom. The first-order valence-corrected chi connectivity index (χ1v) is 11.5. The second kappa shape index (κ2) is 10.5. The van der Waals surface area contributed by atoms with E-state index in [-0.39, 0.29) is 17.8 Å². The van der Waals surface area contributed by atoms with Crippen molar-refractivity contribution in [2.45, 2.75) is 51.2 Å². The Morgan fingerprint density at radius 3 is 2.47 bits per heavy atom. The molecule has 34 heavy (non-hydrogen) atoms. The van der Waals surface area contributed by atoms with Gasteiger partial charge in [0.2, 0.25) is 5.91 Å². The van der Waals surface area contributed by atoms with E-state index in [2.05, 4.69) is 10.3 Å². The summed E-state index contributed by atoms with van der Waals surface area (Å²) >= 11 is 0. The van der Waals surface area contributed by atoms with Crippen LogP contribution in [0.5, 0.6) is 11.5 Å². The molecule has 4 amide bonds. The molecular weight excluding hydrogens is 436 g/mol. The first kappa shape index (κ1) is 23.5. The smallest absolute Gasteiger partial charge is 0.327 e. The number of aromatic nitrogens is 1. The molecule has 1 saturated heterocycles. The molecule has 1 N–H and O–H groups in total. The van der Waals surface area contributed by atoms with Crippen LogP contribution >= 0.6 is 0 Å². The van der Waals surface area contributed by atoms with E-state index in [1.165, 1.54) is 4.90 Å². The summed E-state index contributed by atoms with van der Waals surface area (Å²) in [7, 11) is 3.16. The largest absolute Gasteiger partial charge is 0.493 e. The summed E-state index contributed by atoms with van der Waals surface area (Å²) in [6.45, 7) is 1.22. The zero-order chi connectivity index (χ0) is 24.1. The fourth-order valence-electron chi connectivity index (χ4n) is 4.49. The molecule has 3 heterocycles. The highest BCUT2D eigenvalue weighted by molar-refractivity contribution is 6.04. The van der Waals surface area contributed by atoms with E-state index in [0.29, 0.717) is 56.8 Å². The number of pyridine rings is 1. The van der Waals surface area contributed by atoms with Crippen LogP contribution in [0.1, 0.15) is 42.4 Å². The standard InChI is InChI=1S/C25H30N4O5/c1-33-21-13-18-12-20-24(31)28(25(32)29(20)16-19(18)14-22(21)34-2)11-5-3-4-6-23(30)27-15-17-7-9-26-10-8-17/h7-10,13-14,20H,3-6,11-12,15-16H2,1-2H3,(H,27,30). The Bertz CT molecular complexity index is 1010. The minimum absolute atomic E-state index is 0.00844. The number of benzene rings is 1. The number of urea groups is 1. The number of nitrogens with zero attached hydrogens (tertiary/aromatic N) is 3. The maximum Gasteiger partial charge on any atom is 0.327 e. The van der Waals surface area contributed by atoms with Gasteiger partial charge in [-0.25, -0.2) is 4.79 Å². The van der Waals surface area contributed by atoms with Gasteiger partial charge in [-0.1, -0.05) is 6.42 Å². The van der Waals surface area contributed by atoms with Gasteiger partial charge in [0.15, 0.2) is 11.5 Å². The number of nitrogens with one attached hydrogen (secondary N) is 1. The van der Waals surface area contributed by atoms with Crippen molar-refractivity contribution >= 4 is 17.8 Å². The maximum absolute atomic E-state index is 13.0. The van der Waals surface area contributed by atoms with Gasteiger partial charge < -0.3 is 19.7 Å². The third kappa shape index (κ3) is 4.98. The Hall–Kier alpha value is -3.62. The van der Waals surface area contributed by atoms with Crippen LogP contribution in [-0.4, -0.2) is 59.4 Å². The fraction of sp³-hybridized carbons (Fsp3) is 0.440. The van der Waals surface area contributed by atoms with Gasteiger partial charge in [-0.15, -0.1) is 0 Å². The van der Waals surface area contributed by atoms with Crippen molar-refractivity contribution in [2.75, 3.05) is 20.8 Å². The lowest BCUT2D eigenvalue weighted by Gasteiger charge is -2.29. The summed E-state index contributed by atoms with van der Waals surface area (Å²) in [5, 5.41) is 2.89. The highest BCUT2D eigenvalue weighted by Crippen LogP contribution is 2.37. The number of hydrogen-bond acceptors (Lipinski definition) is 6. The normalized spacial score (nSPS) is 16.8. The second-order valence-electron chi connectivity index (χ2n) is 8.54. The van der Waals surface area contributed by atoms with E-state index >= 15 is 0 Å². The van der Waals surface area contributed by atoms with Crippen molar-refractivity contribution in [2.24, 2.45) is 0 Å². The molecule has 9 heteroatoms. The SMILES string of the molecule is COc1cc2c(cc1OC)CN1C(=O)N(CCCCCC(=O)NCc3ccncc3)C(=O)C1C2. The van der Waals surface area contributed by atoms with Crippen LogP contribution < -0.4 is 14.8 Å². The van der Waals surface area contributed by atoms with E-state index in [9.17, 15) is 14.4 Å². The number of amides is 4. The number of methoxy groups -OCH3 is 2. The minimum atomic E-state index is -0.475. The van der Waals surface area contributed by atoms with E-state index in [1.807, 2.05) is 24.3 Å². The van der Waals surface area contributed by atoms with Crippen molar-refractivity contribution in [3.8, 4) is 11.5 Å². The number of fused-ring (bicyclic) bond motifs is 2. The zero-order valence-corrected chi connectivity index (χ0v) is 19.6. The third-order valence-corrected chi connectivity index (χ3v) is 6.39. The number of unbranched alkanes of at least 4 members (excludes halogenated alkanes) is 2. The van der Waals surface area contributed by atoms with Gasteiger partial charge in [-0.05, 0) is 53.8 Å². The van der Waals surface area contributed by atoms with E-state index in [0.717, 1.165) is 23.1 Å². The molecule has 1 unspecified atom stereocenters. The fourth-order valence-corrected chi connectivity index (χ4v) is 4.49. The predicted octanol–water partition coefficient (Wildman–Crippen LogP) is 2.66. The van der Waals surface area contributed by atoms with Crippen LogP contribution in [0.15, 0.2) is 36.7 Å². The summed E-state index contributed by atoms with van der Waals surface area (Å²) < 4.78 is 10.8. The van der Waals surface area contributed by atoms with Crippen molar-refractivity contribution < 1.29 is 23.9 Å². The molecule has 2 aromatic rings. The molecular formula is C25H30N4O5. The van der Waals surface area contributed by atoms with E-state index < -0.39 is 6.04 Å². The molecule has 0 bridgehead atoms. The Morgan fingerprint density at radius 2 is 1.76 bits per heavy atom. The van der Waals surface area contributed by atoms with E-state index in [4.69, 9.17) is 9.47 Å². The maximum atomic E-state index is 13.0. The Balaban J connectivity index is 1.24. The summed E-state index contributed by atoms with van der Waals surface area (Å²) in [5.74, 6) is 1.07. The predicted molar refractivity (Wildman–Crippen MR) is 124 cm³/mol. The molecule has 1 fully saturated rings. The van der Waals surface area contributed by atoms with Gasteiger partial charge in [0.1, 0.15) is 6.04 Å². The Kier molecular flexibility index (Phi) is 7.30. The lowest BCUT2D eigenvalue weighted by atomic mass is 9.94. The lowest BCUT2D eigenvalue weighted by molar-refractivity contribution is -0.128. The molecule has 2 aliphatic heterocycles. The molecule has 1 aromatic heterocycles. The summed E-state index contributed by atoms with van der Waals surface area (Å²) in [6.07, 6.45) is 6.41. The van der Waals surface area contributed by atoms with Gasteiger partial charge in [0.25, 0.3) is 5.91 Å². The highest BCUT2D eigenvalue weighted by Gasteiger charge is 2.47. The monoisotopic (exact) mass is 466 g/mol. The average Bonchev–Trinajstić information content (AvgIpc) is 3.09. The number of hydrogen-bond donors (Lipinski definition) is 1. The molecule has 9 nitrogen and oxygen atoms in total. The minimum Gasteiger partial charge on any atom is -0.493 e. The van der Waals surface area contributed by atoms with Gasteiger partial charge in [-0.3, -0.25) is 19.5 Å². The number of ether oxygens (including phenoxy) is 2. The molecule has 0 aliphatic carbocycles. The molecule has 2 aliphatic rings. The molecule has 1 atom stereocenters. The van der Waals surface area contributed by atoms with Crippen LogP contribution in [0.4, 0.5) is 4.79 Å². The first-order valence-electron chi connectivity index (χ1n) is 11.5. The number of carbonyl (C=O) groups is 3. The van der Waals surface area contributed by atoms with Gasteiger partial charge in [0.05, 0.1) is 14.2 Å².